The van der Waals surface area contributed by atoms with E-state index in [1.54, 1.807) is 6.92 Å². The Bertz CT molecular complexity index is 1200. The molecule has 1 aliphatic carbocycles. The first-order valence-corrected chi connectivity index (χ1v) is 13.7. The van der Waals surface area contributed by atoms with Crippen molar-refractivity contribution >= 4 is 27.6 Å². The van der Waals surface area contributed by atoms with Crippen molar-refractivity contribution in [1.29, 1.82) is 0 Å². The monoisotopic (exact) mass is 498 g/mol. The van der Waals surface area contributed by atoms with Gasteiger partial charge in [0.2, 0.25) is 15.9 Å². The minimum Gasteiger partial charge on any atom is -0.465 e. The Morgan fingerprint density at radius 2 is 1.60 bits per heavy atom. The van der Waals surface area contributed by atoms with E-state index >= 15 is 0 Å². The van der Waals surface area contributed by atoms with Crippen LogP contribution in [0.15, 0.2) is 41.3 Å². The number of anilines is 1. The number of esters is 1. The third-order valence-corrected chi connectivity index (χ3v) is 9.35. The lowest BCUT2D eigenvalue weighted by Gasteiger charge is -2.31. The fourth-order valence-electron chi connectivity index (χ4n) is 5.18. The second-order valence-electron chi connectivity index (χ2n) is 9.78. The van der Waals surface area contributed by atoms with Crippen LogP contribution in [-0.4, -0.2) is 44.3 Å². The highest BCUT2D eigenvalue weighted by Gasteiger charge is 2.52. The molecule has 2 aromatic carbocycles. The summed E-state index contributed by atoms with van der Waals surface area (Å²) in [6.07, 6.45) is 2.50. The number of carbonyl (C=O) groups excluding carboxylic acids is 2. The van der Waals surface area contributed by atoms with Crippen molar-refractivity contribution in [2.45, 2.75) is 63.7 Å². The summed E-state index contributed by atoms with van der Waals surface area (Å²) in [5.41, 5.74) is 3.58. The van der Waals surface area contributed by atoms with Crippen LogP contribution >= 0.6 is 0 Å². The van der Waals surface area contributed by atoms with Crippen LogP contribution in [0.25, 0.3) is 0 Å². The molecule has 2 aliphatic rings. The molecule has 0 bridgehead atoms. The van der Waals surface area contributed by atoms with E-state index in [0.29, 0.717) is 43.1 Å². The average molecular weight is 499 g/mol. The molecule has 0 aromatic heterocycles. The molecule has 2 fully saturated rings. The molecule has 7 nitrogen and oxygen atoms in total. The second kappa shape index (κ2) is 9.74. The van der Waals surface area contributed by atoms with Gasteiger partial charge in [-0.15, -0.1) is 0 Å². The van der Waals surface area contributed by atoms with Gasteiger partial charge in [-0.3, -0.25) is 9.59 Å². The third-order valence-electron chi connectivity index (χ3n) is 7.15. The van der Waals surface area contributed by atoms with E-state index in [2.05, 4.69) is 5.32 Å². The molecule has 0 atom stereocenters. The summed E-state index contributed by atoms with van der Waals surface area (Å²) in [6.45, 7) is 8.41. The standard InChI is InChI=1S/C27H34N2O5S/c1-5-34-26(31)27(12-13-27)22-6-8-23(9-7-22)28-25(30)21-10-14-29(15-11-21)35(32,33)24-19(3)16-18(2)17-20(24)4/h6-9,16-17,21H,5,10-15H2,1-4H3,(H,28,30). The molecule has 1 saturated carbocycles. The summed E-state index contributed by atoms with van der Waals surface area (Å²) in [5.74, 6) is -0.547. The van der Waals surface area contributed by atoms with E-state index in [4.69, 9.17) is 4.74 Å². The number of hydrogen-bond donors (Lipinski definition) is 1. The van der Waals surface area contributed by atoms with Crippen LogP contribution in [0.2, 0.25) is 0 Å². The van der Waals surface area contributed by atoms with Gasteiger partial charge >= 0.3 is 5.97 Å². The van der Waals surface area contributed by atoms with Crippen molar-refractivity contribution in [2.24, 2.45) is 5.92 Å². The van der Waals surface area contributed by atoms with E-state index in [0.717, 1.165) is 35.1 Å². The maximum atomic E-state index is 13.3. The molecule has 1 amide bonds. The molecule has 8 heteroatoms. The smallest absolute Gasteiger partial charge is 0.316 e. The molecule has 0 unspecified atom stereocenters. The fourth-order valence-corrected chi connectivity index (χ4v) is 7.06. The van der Waals surface area contributed by atoms with Crippen molar-refractivity contribution < 1.29 is 22.7 Å². The summed E-state index contributed by atoms with van der Waals surface area (Å²) >= 11 is 0. The van der Waals surface area contributed by atoms with E-state index in [1.165, 1.54) is 4.31 Å². The van der Waals surface area contributed by atoms with Gasteiger partial charge in [0.1, 0.15) is 0 Å². The lowest BCUT2D eigenvalue weighted by Crippen LogP contribution is -2.41. The van der Waals surface area contributed by atoms with Gasteiger partial charge in [-0.05, 0) is 82.2 Å². The molecule has 1 saturated heterocycles. The molecule has 1 N–H and O–H groups in total. The fraction of sp³-hybridized carbons (Fsp3) is 0.481. The SMILES string of the molecule is CCOC(=O)C1(c2ccc(NC(=O)C3CCN(S(=O)(=O)c4c(C)cc(C)cc4C)CC3)cc2)CC1. The van der Waals surface area contributed by atoms with Crippen molar-refractivity contribution in [3.8, 4) is 0 Å². The van der Waals surface area contributed by atoms with Gasteiger partial charge in [0.25, 0.3) is 0 Å². The van der Waals surface area contributed by atoms with Gasteiger partial charge < -0.3 is 10.1 Å². The summed E-state index contributed by atoms with van der Waals surface area (Å²) in [7, 11) is -3.61. The highest BCUT2D eigenvalue weighted by molar-refractivity contribution is 7.89. The zero-order chi connectivity index (χ0) is 25.4. The number of rotatable bonds is 7. The van der Waals surface area contributed by atoms with Crippen molar-refractivity contribution in [3.63, 3.8) is 0 Å². The number of benzene rings is 2. The number of nitrogens with zero attached hydrogens (tertiary/aromatic N) is 1. The number of sulfonamides is 1. The summed E-state index contributed by atoms with van der Waals surface area (Å²) in [4.78, 5) is 25.5. The van der Waals surface area contributed by atoms with E-state index < -0.39 is 15.4 Å². The number of hydrogen-bond acceptors (Lipinski definition) is 5. The highest BCUT2D eigenvalue weighted by Crippen LogP contribution is 2.49. The molecule has 1 aliphatic heterocycles. The largest absolute Gasteiger partial charge is 0.465 e. The highest BCUT2D eigenvalue weighted by atomic mass is 32.2. The molecule has 4 rings (SSSR count). The van der Waals surface area contributed by atoms with Gasteiger partial charge in [-0.2, -0.15) is 4.31 Å². The van der Waals surface area contributed by atoms with Crippen LogP contribution in [0.3, 0.4) is 0 Å². The zero-order valence-electron chi connectivity index (χ0n) is 20.9. The van der Waals surface area contributed by atoms with Crippen molar-refractivity contribution in [3.05, 3.63) is 58.7 Å². The third kappa shape index (κ3) is 5.00. The number of nitrogens with one attached hydrogen (secondary N) is 1. The summed E-state index contributed by atoms with van der Waals surface area (Å²) in [6, 6.07) is 11.2. The van der Waals surface area contributed by atoms with Crippen molar-refractivity contribution in [2.75, 3.05) is 25.0 Å². The number of amides is 1. The predicted molar refractivity (Wildman–Crippen MR) is 135 cm³/mol. The van der Waals surface area contributed by atoms with Crippen LogP contribution in [0.4, 0.5) is 5.69 Å². The van der Waals surface area contributed by atoms with Crippen LogP contribution in [0, 0.1) is 26.7 Å². The minimum absolute atomic E-state index is 0.107. The Balaban J connectivity index is 1.36. The second-order valence-corrected chi connectivity index (χ2v) is 11.7. The molecule has 0 spiro atoms. The van der Waals surface area contributed by atoms with Gasteiger partial charge in [0.05, 0.1) is 16.9 Å². The van der Waals surface area contributed by atoms with E-state index in [1.807, 2.05) is 57.2 Å². The Hall–Kier alpha value is -2.71. The average Bonchev–Trinajstić information content (AvgIpc) is 3.61. The van der Waals surface area contributed by atoms with Crippen LogP contribution < -0.4 is 5.32 Å². The van der Waals surface area contributed by atoms with Gasteiger partial charge in [-0.25, -0.2) is 8.42 Å². The quantitative estimate of drug-likeness (QED) is 0.576. The molecule has 188 valence electrons. The number of aryl methyl sites for hydroxylation is 3. The van der Waals surface area contributed by atoms with Crippen molar-refractivity contribution in [1.82, 2.24) is 4.31 Å². The Morgan fingerprint density at radius 3 is 2.11 bits per heavy atom. The Labute approximate surface area is 207 Å². The zero-order valence-corrected chi connectivity index (χ0v) is 21.7. The van der Waals surface area contributed by atoms with Gasteiger partial charge in [0, 0.05) is 24.7 Å². The van der Waals surface area contributed by atoms with Crippen LogP contribution in [0.5, 0.6) is 0 Å². The normalized spacial score (nSPS) is 18.2. The van der Waals surface area contributed by atoms with Gasteiger partial charge in [0.15, 0.2) is 0 Å². The molecule has 0 radical (unpaired) electrons. The molecular weight excluding hydrogens is 464 g/mol. The maximum Gasteiger partial charge on any atom is 0.316 e. The molecule has 35 heavy (non-hydrogen) atoms. The molecular formula is C27H34N2O5S. The number of ether oxygens (including phenoxy) is 1. The first-order chi connectivity index (χ1) is 16.6. The number of piperidine rings is 1. The van der Waals surface area contributed by atoms with Gasteiger partial charge in [-0.1, -0.05) is 29.8 Å². The minimum atomic E-state index is -3.61. The predicted octanol–water partition coefficient (Wildman–Crippen LogP) is 4.25. The topological polar surface area (TPSA) is 92.8 Å². The molecule has 1 heterocycles. The number of carbonyl (C=O) groups is 2. The first-order valence-electron chi connectivity index (χ1n) is 12.2. The van der Waals surface area contributed by atoms with E-state index in [9.17, 15) is 18.0 Å². The summed E-state index contributed by atoms with van der Waals surface area (Å²) in [5, 5.41) is 2.95. The Morgan fingerprint density at radius 1 is 1.03 bits per heavy atom. The maximum absolute atomic E-state index is 13.3. The van der Waals surface area contributed by atoms with Crippen LogP contribution in [0.1, 0.15) is 54.9 Å². The van der Waals surface area contributed by atoms with E-state index in [-0.39, 0.29) is 17.8 Å². The Kier molecular flexibility index (Phi) is 7.06. The first kappa shape index (κ1) is 25.4. The summed E-state index contributed by atoms with van der Waals surface area (Å²) < 4.78 is 33.3. The lowest BCUT2D eigenvalue weighted by molar-refractivity contribution is -0.146. The van der Waals surface area contributed by atoms with Crippen LogP contribution in [-0.2, 0) is 29.8 Å². The molecule has 2 aromatic rings. The lowest BCUT2D eigenvalue weighted by atomic mass is 9.95.